The van der Waals surface area contributed by atoms with Crippen LogP contribution in [0.3, 0.4) is 0 Å². The van der Waals surface area contributed by atoms with E-state index in [1.807, 2.05) is 0 Å². The van der Waals surface area contributed by atoms with Gasteiger partial charge in [-0.05, 0) is 42.3 Å². The molecule has 0 radical (unpaired) electrons. The first kappa shape index (κ1) is 18.9. The van der Waals surface area contributed by atoms with Crippen molar-refractivity contribution in [3.8, 4) is 0 Å². The Bertz CT molecular complexity index is 763. The van der Waals surface area contributed by atoms with Crippen LogP contribution < -0.4 is 5.32 Å². The maximum Gasteiger partial charge on any atom is 0.416 e. The predicted molar refractivity (Wildman–Crippen MR) is 89.9 cm³/mol. The van der Waals surface area contributed by atoms with Crippen molar-refractivity contribution in [2.75, 3.05) is 5.32 Å². The number of alkyl halides is 3. The zero-order valence-corrected chi connectivity index (χ0v) is 14.3. The summed E-state index contributed by atoms with van der Waals surface area (Å²) in [6.45, 7) is 0. The molecule has 2 rings (SSSR count). The summed E-state index contributed by atoms with van der Waals surface area (Å²) in [5, 5.41) is 3.20. The molecule has 1 N–H and O–H groups in total. The van der Waals surface area contributed by atoms with Crippen LogP contribution in [0.5, 0.6) is 0 Å². The van der Waals surface area contributed by atoms with Gasteiger partial charge in [-0.25, -0.2) is 0 Å². The van der Waals surface area contributed by atoms with Crippen molar-refractivity contribution in [3.05, 3.63) is 62.6 Å². The maximum atomic E-state index is 12.7. The van der Waals surface area contributed by atoms with E-state index in [0.29, 0.717) is 16.5 Å². The second-order valence-electron chi connectivity index (χ2n) is 4.99. The highest BCUT2D eigenvalue weighted by atomic mass is 35.5. The lowest BCUT2D eigenvalue weighted by Crippen LogP contribution is -2.14. The lowest BCUT2D eigenvalue weighted by molar-refractivity contribution is -0.137. The smallest absolute Gasteiger partial charge is 0.325 e. The van der Waals surface area contributed by atoms with Crippen molar-refractivity contribution in [1.82, 2.24) is 0 Å². The van der Waals surface area contributed by atoms with E-state index < -0.39 is 17.6 Å². The number of carbonyl (C=O) groups is 1. The van der Waals surface area contributed by atoms with Crippen molar-refractivity contribution in [1.29, 1.82) is 0 Å². The molecule has 24 heavy (non-hydrogen) atoms. The molecular weight excluding hydrogens is 386 g/mol. The Kier molecular flexibility index (Phi) is 6.01. The SMILES string of the molecule is O=C(CCc1ccc(Cl)c(Cl)c1)Nc1cc(C(F)(F)F)ccc1Cl. The molecule has 2 aromatic carbocycles. The summed E-state index contributed by atoms with van der Waals surface area (Å²) < 4.78 is 38.1. The third-order valence-electron chi connectivity index (χ3n) is 3.19. The normalized spacial score (nSPS) is 11.4. The second-order valence-corrected chi connectivity index (χ2v) is 6.21. The van der Waals surface area contributed by atoms with Crippen LogP contribution in [0.25, 0.3) is 0 Å². The van der Waals surface area contributed by atoms with Crippen LogP contribution in [-0.2, 0) is 17.4 Å². The summed E-state index contributed by atoms with van der Waals surface area (Å²) in [7, 11) is 0. The fourth-order valence-corrected chi connectivity index (χ4v) is 2.45. The van der Waals surface area contributed by atoms with E-state index in [-0.39, 0.29) is 17.1 Å². The number of rotatable bonds is 4. The average Bonchev–Trinajstić information content (AvgIpc) is 2.49. The fraction of sp³-hybridized carbons (Fsp3) is 0.188. The first-order chi connectivity index (χ1) is 11.2. The van der Waals surface area contributed by atoms with E-state index >= 15 is 0 Å². The summed E-state index contributed by atoms with van der Waals surface area (Å²) in [5.74, 6) is -0.456. The zero-order valence-electron chi connectivity index (χ0n) is 12.1. The number of nitrogens with one attached hydrogen (secondary N) is 1. The van der Waals surface area contributed by atoms with Crippen molar-refractivity contribution in [2.24, 2.45) is 0 Å². The Morgan fingerprint density at radius 1 is 0.958 bits per heavy atom. The van der Waals surface area contributed by atoms with Crippen LogP contribution in [0, 0.1) is 0 Å². The Balaban J connectivity index is 2.03. The zero-order chi connectivity index (χ0) is 17.9. The molecule has 0 fully saturated rings. The summed E-state index contributed by atoms with van der Waals surface area (Å²) in [6, 6.07) is 7.72. The minimum atomic E-state index is -4.51. The molecule has 0 atom stereocenters. The highest BCUT2D eigenvalue weighted by molar-refractivity contribution is 6.42. The standard InChI is InChI=1S/C16H11Cl3F3NO/c17-11-4-1-9(7-13(11)19)2-6-15(24)23-14-8-10(16(20,21)22)3-5-12(14)18/h1,3-5,7-8H,2,6H2,(H,23,24). The van der Waals surface area contributed by atoms with Crippen molar-refractivity contribution in [3.63, 3.8) is 0 Å². The van der Waals surface area contributed by atoms with Gasteiger partial charge in [0.25, 0.3) is 0 Å². The minimum Gasteiger partial charge on any atom is -0.325 e. The van der Waals surface area contributed by atoms with Gasteiger partial charge < -0.3 is 5.32 Å². The number of anilines is 1. The minimum absolute atomic E-state index is 0.0332. The van der Waals surface area contributed by atoms with Gasteiger partial charge in [0, 0.05) is 6.42 Å². The molecule has 0 bridgehead atoms. The molecule has 8 heteroatoms. The molecule has 0 saturated heterocycles. The highest BCUT2D eigenvalue weighted by Crippen LogP contribution is 2.34. The van der Waals surface area contributed by atoms with Gasteiger partial charge in [-0.2, -0.15) is 13.2 Å². The first-order valence-corrected chi connectivity index (χ1v) is 7.91. The molecule has 0 aromatic heterocycles. The summed E-state index contributed by atoms with van der Waals surface area (Å²) in [4.78, 5) is 11.9. The number of benzene rings is 2. The van der Waals surface area contributed by atoms with E-state index in [2.05, 4.69) is 5.32 Å². The number of aryl methyl sites for hydroxylation is 1. The molecule has 0 heterocycles. The Morgan fingerprint density at radius 3 is 2.25 bits per heavy atom. The van der Waals surface area contributed by atoms with Gasteiger partial charge in [-0.3, -0.25) is 4.79 Å². The Labute approximate surface area is 151 Å². The number of amides is 1. The van der Waals surface area contributed by atoms with E-state index in [1.165, 1.54) is 0 Å². The maximum absolute atomic E-state index is 12.7. The third kappa shape index (κ3) is 5.03. The molecule has 0 aliphatic rings. The molecule has 0 unspecified atom stereocenters. The lowest BCUT2D eigenvalue weighted by Gasteiger charge is -2.11. The Hall–Kier alpha value is -1.43. The number of hydrogen-bond donors (Lipinski definition) is 1. The molecular formula is C16H11Cl3F3NO. The van der Waals surface area contributed by atoms with Gasteiger partial charge in [0.05, 0.1) is 26.3 Å². The van der Waals surface area contributed by atoms with E-state index in [0.717, 1.165) is 23.8 Å². The molecule has 0 saturated carbocycles. The summed E-state index contributed by atoms with van der Waals surface area (Å²) in [5.41, 5.74) is -0.174. The quantitative estimate of drug-likeness (QED) is 0.651. The molecule has 1 amide bonds. The second kappa shape index (κ2) is 7.64. The van der Waals surface area contributed by atoms with Crippen LogP contribution in [0.2, 0.25) is 15.1 Å². The topological polar surface area (TPSA) is 29.1 Å². The van der Waals surface area contributed by atoms with Crippen molar-refractivity contribution in [2.45, 2.75) is 19.0 Å². The van der Waals surface area contributed by atoms with Crippen LogP contribution in [-0.4, -0.2) is 5.91 Å². The van der Waals surface area contributed by atoms with Gasteiger partial charge in [0.15, 0.2) is 0 Å². The van der Waals surface area contributed by atoms with Crippen molar-refractivity contribution >= 4 is 46.4 Å². The lowest BCUT2D eigenvalue weighted by atomic mass is 10.1. The van der Waals surface area contributed by atoms with Gasteiger partial charge >= 0.3 is 6.18 Å². The van der Waals surface area contributed by atoms with Crippen molar-refractivity contribution < 1.29 is 18.0 Å². The van der Waals surface area contributed by atoms with Crippen LogP contribution >= 0.6 is 34.8 Å². The summed E-state index contributed by atoms with van der Waals surface area (Å²) in [6.07, 6.45) is -4.09. The summed E-state index contributed by atoms with van der Waals surface area (Å²) >= 11 is 17.5. The fourth-order valence-electron chi connectivity index (χ4n) is 1.96. The van der Waals surface area contributed by atoms with Crippen LogP contribution in [0.15, 0.2) is 36.4 Å². The van der Waals surface area contributed by atoms with Crippen LogP contribution in [0.1, 0.15) is 17.5 Å². The average molecular weight is 397 g/mol. The monoisotopic (exact) mass is 395 g/mol. The van der Waals surface area contributed by atoms with E-state index in [9.17, 15) is 18.0 Å². The van der Waals surface area contributed by atoms with Gasteiger partial charge in [0.1, 0.15) is 0 Å². The van der Waals surface area contributed by atoms with Gasteiger partial charge in [-0.15, -0.1) is 0 Å². The molecule has 2 nitrogen and oxygen atoms in total. The molecule has 2 aromatic rings. The molecule has 0 aliphatic heterocycles. The molecule has 128 valence electrons. The first-order valence-electron chi connectivity index (χ1n) is 6.77. The number of hydrogen-bond acceptors (Lipinski definition) is 1. The third-order valence-corrected chi connectivity index (χ3v) is 4.26. The number of carbonyl (C=O) groups excluding carboxylic acids is 1. The molecule has 0 spiro atoms. The molecule has 0 aliphatic carbocycles. The van der Waals surface area contributed by atoms with Gasteiger partial charge in [-0.1, -0.05) is 40.9 Å². The van der Waals surface area contributed by atoms with Gasteiger partial charge in [0.2, 0.25) is 5.91 Å². The number of halogens is 6. The van der Waals surface area contributed by atoms with E-state index in [1.54, 1.807) is 18.2 Å². The largest absolute Gasteiger partial charge is 0.416 e. The highest BCUT2D eigenvalue weighted by Gasteiger charge is 2.31. The predicted octanol–water partition coefficient (Wildman–Crippen LogP) is 6.24. The van der Waals surface area contributed by atoms with Crippen LogP contribution in [0.4, 0.5) is 18.9 Å². The van der Waals surface area contributed by atoms with E-state index in [4.69, 9.17) is 34.8 Å². The Morgan fingerprint density at radius 2 is 1.62 bits per heavy atom.